The van der Waals surface area contributed by atoms with Crippen molar-refractivity contribution in [2.75, 3.05) is 31.1 Å². The van der Waals surface area contributed by atoms with Gasteiger partial charge in [0.15, 0.2) is 0 Å². The minimum atomic E-state index is 0.661. The fraction of sp³-hybridized carbons (Fsp3) is 0.533. The molecule has 1 aromatic carbocycles. The Bertz CT molecular complexity index is 595. The molecule has 0 spiro atoms. The largest absolute Gasteiger partial charge is 0.337 e. The molecule has 0 radical (unpaired) electrons. The van der Waals surface area contributed by atoms with Crippen molar-refractivity contribution in [3.8, 4) is 5.69 Å². The van der Waals surface area contributed by atoms with Crippen LogP contribution in [0.1, 0.15) is 19.3 Å². The summed E-state index contributed by atoms with van der Waals surface area (Å²) in [6.45, 7) is 4.41. The maximum absolute atomic E-state index is 4.26. The second-order valence-corrected chi connectivity index (χ2v) is 5.86. The number of piperazine rings is 1. The van der Waals surface area contributed by atoms with E-state index in [0.29, 0.717) is 6.04 Å². The summed E-state index contributed by atoms with van der Waals surface area (Å²) in [7, 11) is 0. The summed E-state index contributed by atoms with van der Waals surface area (Å²) in [4.78, 5) is 4.95. The molecule has 21 heavy (non-hydrogen) atoms. The number of benzene rings is 1. The van der Waals surface area contributed by atoms with Crippen LogP contribution in [0.5, 0.6) is 0 Å². The Morgan fingerprint density at radius 3 is 2.81 bits per heavy atom. The quantitative estimate of drug-likeness (QED) is 0.833. The molecule has 110 valence electrons. The molecule has 0 bridgehead atoms. The maximum atomic E-state index is 4.26. The molecule has 0 N–H and O–H groups in total. The first-order valence-corrected chi connectivity index (χ1v) is 7.74. The first-order valence-electron chi connectivity index (χ1n) is 7.74. The molecule has 3 heterocycles. The predicted molar refractivity (Wildman–Crippen MR) is 80.6 cm³/mol. The molecule has 0 saturated carbocycles. The van der Waals surface area contributed by atoms with Crippen LogP contribution < -0.4 is 4.90 Å². The van der Waals surface area contributed by atoms with Gasteiger partial charge in [0.25, 0.3) is 0 Å². The Morgan fingerprint density at radius 2 is 1.90 bits per heavy atom. The van der Waals surface area contributed by atoms with Gasteiger partial charge in [-0.3, -0.25) is 4.90 Å². The molecule has 2 aliphatic rings. The fourth-order valence-corrected chi connectivity index (χ4v) is 3.45. The van der Waals surface area contributed by atoms with Crippen molar-refractivity contribution < 1.29 is 0 Å². The maximum Gasteiger partial charge on any atom is 0.250 e. The van der Waals surface area contributed by atoms with Gasteiger partial charge in [-0.15, -0.1) is 0 Å². The van der Waals surface area contributed by atoms with Crippen molar-refractivity contribution in [2.45, 2.75) is 25.3 Å². The molecule has 1 unspecified atom stereocenters. The van der Waals surface area contributed by atoms with Gasteiger partial charge in [0.05, 0.1) is 5.69 Å². The lowest BCUT2D eigenvalue weighted by Gasteiger charge is -2.44. The van der Waals surface area contributed by atoms with Crippen molar-refractivity contribution >= 4 is 5.95 Å². The Morgan fingerprint density at radius 1 is 1.00 bits per heavy atom. The van der Waals surface area contributed by atoms with Gasteiger partial charge < -0.3 is 4.90 Å². The summed E-state index contributed by atoms with van der Waals surface area (Å²) in [6.07, 6.45) is 3.99. The van der Waals surface area contributed by atoms with Crippen LogP contribution in [0, 0.1) is 0 Å². The Hall–Kier alpha value is -1.95. The molecule has 1 aromatic heterocycles. The molecular weight excluding hydrogens is 264 g/mol. The SMILES string of the molecule is c1ccc(-n2nnnc2N2CCN3CCCCC3C2)cc1. The zero-order chi connectivity index (χ0) is 14.1. The third-order valence-corrected chi connectivity index (χ3v) is 4.57. The minimum absolute atomic E-state index is 0.661. The molecule has 0 aliphatic carbocycles. The summed E-state index contributed by atoms with van der Waals surface area (Å²) < 4.78 is 1.85. The monoisotopic (exact) mass is 284 g/mol. The highest BCUT2D eigenvalue weighted by Gasteiger charge is 2.31. The molecule has 2 aromatic rings. The number of nitrogens with zero attached hydrogens (tertiary/aromatic N) is 6. The van der Waals surface area contributed by atoms with Crippen molar-refractivity contribution in [2.24, 2.45) is 0 Å². The molecule has 6 nitrogen and oxygen atoms in total. The molecule has 1 atom stereocenters. The smallest absolute Gasteiger partial charge is 0.250 e. The summed E-state index contributed by atoms with van der Waals surface area (Å²) in [5.41, 5.74) is 1.02. The minimum Gasteiger partial charge on any atom is -0.337 e. The number of hydrogen-bond donors (Lipinski definition) is 0. The van der Waals surface area contributed by atoms with Gasteiger partial charge in [0.1, 0.15) is 0 Å². The number of anilines is 1. The van der Waals surface area contributed by atoms with Gasteiger partial charge in [0.2, 0.25) is 5.95 Å². The zero-order valence-electron chi connectivity index (χ0n) is 12.1. The van der Waals surface area contributed by atoms with E-state index in [1.807, 2.05) is 35.0 Å². The van der Waals surface area contributed by atoms with Crippen LogP contribution >= 0.6 is 0 Å². The van der Waals surface area contributed by atoms with Gasteiger partial charge in [-0.25, -0.2) is 0 Å². The van der Waals surface area contributed by atoms with Crippen LogP contribution in [0.25, 0.3) is 5.69 Å². The summed E-state index contributed by atoms with van der Waals surface area (Å²) in [5.74, 6) is 0.867. The van der Waals surface area contributed by atoms with Crippen LogP contribution in [0.4, 0.5) is 5.95 Å². The van der Waals surface area contributed by atoms with E-state index in [2.05, 4.69) is 25.3 Å². The molecule has 2 fully saturated rings. The van der Waals surface area contributed by atoms with Crippen molar-refractivity contribution in [1.29, 1.82) is 0 Å². The lowest BCUT2D eigenvalue weighted by atomic mass is 10.00. The molecule has 0 amide bonds. The summed E-state index contributed by atoms with van der Waals surface area (Å²) in [5, 5.41) is 12.3. The van der Waals surface area contributed by atoms with Gasteiger partial charge in [-0.1, -0.05) is 29.7 Å². The topological polar surface area (TPSA) is 50.1 Å². The van der Waals surface area contributed by atoms with Gasteiger partial charge in [-0.05, 0) is 41.9 Å². The number of piperidine rings is 1. The van der Waals surface area contributed by atoms with E-state index in [9.17, 15) is 0 Å². The second kappa shape index (κ2) is 5.44. The summed E-state index contributed by atoms with van der Waals surface area (Å²) >= 11 is 0. The molecular formula is C15H20N6. The number of fused-ring (bicyclic) bond motifs is 1. The van der Waals surface area contributed by atoms with Crippen LogP contribution in [-0.4, -0.2) is 57.3 Å². The molecule has 2 saturated heterocycles. The van der Waals surface area contributed by atoms with Crippen molar-refractivity contribution in [3.63, 3.8) is 0 Å². The zero-order valence-corrected chi connectivity index (χ0v) is 12.1. The summed E-state index contributed by atoms with van der Waals surface area (Å²) in [6, 6.07) is 10.8. The van der Waals surface area contributed by atoms with Crippen LogP contribution in [0.2, 0.25) is 0 Å². The average molecular weight is 284 g/mol. The fourth-order valence-electron chi connectivity index (χ4n) is 3.45. The number of tetrazole rings is 1. The highest BCUT2D eigenvalue weighted by molar-refractivity contribution is 5.41. The van der Waals surface area contributed by atoms with Crippen LogP contribution in [0.3, 0.4) is 0 Å². The van der Waals surface area contributed by atoms with Crippen LogP contribution in [-0.2, 0) is 0 Å². The van der Waals surface area contributed by atoms with Crippen molar-refractivity contribution in [1.82, 2.24) is 25.1 Å². The lowest BCUT2D eigenvalue weighted by Crippen LogP contribution is -2.55. The third-order valence-electron chi connectivity index (χ3n) is 4.57. The molecule has 2 aliphatic heterocycles. The predicted octanol–water partition coefficient (Wildman–Crippen LogP) is 1.34. The van der Waals surface area contributed by atoms with E-state index in [1.165, 1.54) is 25.8 Å². The van der Waals surface area contributed by atoms with E-state index in [1.54, 1.807) is 0 Å². The number of aromatic nitrogens is 4. The van der Waals surface area contributed by atoms with E-state index in [0.717, 1.165) is 31.3 Å². The van der Waals surface area contributed by atoms with Gasteiger partial charge in [-0.2, -0.15) is 4.68 Å². The Labute approximate surface area is 124 Å². The third kappa shape index (κ3) is 2.40. The number of hydrogen-bond acceptors (Lipinski definition) is 5. The van der Waals surface area contributed by atoms with E-state index < -0.39 is 0 Å². The van der Waals surface area contributed by atoms with Crippen LogP contribution in [0.15, 0.2) is 30.3 Å². The normalized spacial score (nSPS) is 23.0. The van der Waals surface area contributed by atoms with Crippen molar-refractivity contribution in [3.05, 3.63) is 30.3 Å². The average Bonchev–Trinajstić information content (AvgIpc) is 3.05. The molecule has 6 heteroatoms. The van der Waals surface area contributed by atoms with Gasteiger partial charge in [0, 0.05) is 25.7 Å². The first-order chi connectivity index (χ1) is 10.4. The lowest BCUT2D eigenvalue weighted by molar-refractivity contribution is 0.132. The highest BCUT2D eigenvalue weighted by Crippen LogP contribution is 2.24. The number of para-hydroxylation sites is 1. The van der Waals surface area contributed by atoms with Gasteiger partial charge >= 0.3 is 0 Å². The number of rotatable bonds is 2. The second-order valence-electron chi connectivity index (χ2n) is 5.86. The van der Waals surface area contributed by atoms with E-state index in [-0.39, 0.29) is 0 Å². The Kier molecular flexibility index (Phi) is 3.31. The highest BCUT2D eigenvalue weighted by atomic mass is 15.6. The standard InChI is InChI=1S/C15H20N6/c1-2-6-13(7-3-1)21-15(16-17-18-21)20-11-10-19-9-5-4-8-14(19)12-20/h1-3,6-7,14H,4-5,8-12H2. The first kappa shape index (κ1) is 12.8. The molecule has 4 rings (SSSR count). The Balaban J connectivity index is 1.59. The van der Waals surface area contributed by atoms with E-state index in [4.69, 9.17) is 0 Å². The van der Waals surface area contributed by atoms with E-state index >= 15 is 0 Å².